The summed E-state index contributed by atoms with van der Waals surface area (Å²) >= 11 is 3.22. The fourth-order valence-electron chi connectivity index (χ4n) is 3.11. The van der Waals surface area contributed by atoms with Crippen molar-refractivity contribution in [3.8, 4) is 0 Å². The molecule has 9 heteroatoms. The highest BCUT2D eigenvalue weighted by Crippen LogP contribution is 2.21. The third-order valence-corrected chi connectivity index (χ3v) is 5.30. The third kappa shape index (κ3) is 6.42. The summed E-state index contributed by atoms with van der Waals surface area (Å²) in [6.45, 7) is 10.4. The van der Waals surface area contributed by atoms with E-state index in [0.717, 1.165) is 0 Å². The molecular formula is C21H29BrFN3O4. The first-order valence-corrected chi connectivity index (χ1v) is 10.7. The molecule has 3 amide bonds. The molecule has 1 N–H and O–H groups in total. The van der Waals surface area contributed by atoms with Crippen molar-refractivity contribution in [1.29, 1.82) is 0 Å². The second-order valence-electron chi connectivity index (χ2n) is 8.61. The van der Waals surface area contributed by atoms with Crippen LogP contribution >= 0.6 is 15.9 Å². The van der Waals surface area contributed by atoms with Gasteiger partial charge in [0.05, 0.1) is 5.56 Å². The van der Waals surface area contributed by atoms with Crippen molar-refractivity contribution in [3.05, 3.63) is 34.1 Å². The largest absolute Gasteiger partial charge is 0.444 e. The Morgan fingerprint density at radius 2 is 1.67 bits per heavy atom. The summed E-state index contributed by atoms with van der Waals surface area (Å²) in [5.74, 6) is -0.974. The van der Waals surface area contributed by atoms with Gasteiger partial charge in [-0.3, -0.25) is 9.59 Å². The molecule has 0 aliphatic carbocycles. The molecule has 0 aromatic heterocycles. The Balaban J connectivity index is 1.99. The first-order valence-electron chi connectivity index (χ1n) is 9.91. The molecule has 1 atom stereocenters. The van der Waals surface area contributed by atoms with Crippen molar-refractivity contribution in [2.75, 3.05) is 26.2 Å². The van der Waals surface area contributed by atoms with Crippen molar-refractivity contribution < 1.29 is 23.5 Å². The number of nitrogens with one attached hydrogen (secondary N) is 1. The molecule has 0 radical (unpaired) electrons. The van der Waals surface area contributed by atoms with Gasteiger partial charge in [0.2, 0.25) is 5.91 Å². The van der Waals surface area contributed by atoms with Gasteiger partial charge in [-0.25, -0.2) is 9.18 Å². The summed E-state index contributed by atoms with van der Waals surface area (Å²) in [7, 11) is 0. The lowest BCUT2D eigenvalue weighted by Crippen LogP contribution is -2.57. The van der Waals surface area contributed by atoms with Crippen molar-refractivity contribution >= 4 is 33.8 Å². The van der Waals surface area contributed by atoms with Crippen LogP contribution in [0.1, 0.15) is 45.0 Å². The second kappa shape index (κ2) is 9.76. The number of rotatable bonds is 4. The lowest BCUT2D eigenvalue weighted by Gasteiger charge is -2.37. The lowest BCUT2D eigenvalue weighted by atomic mass is 10.0. The minimum Gasteiger partial charge on any atom is -0.444 e. The number of hydrogen-bond acceptors (Lipinski definition) is 4. The van der Waals surface area contributed by atoms with Gasteiger partial charge in [0, 0.05) is 30.7 Å². The van der Waals surface area contributed by atoms with E-state index in [1.807, 2.05) is 13.8 Å². The number of ether oxygens (including phenoxy) is 1. The highest BCUT2D eigenvalue weighted by molar-refractivity contribution is 9.10. The Kier molecular flexibility index (Phi) is 7.85. The Bertz CT molecular complexity index is 802. The Hall–Kier alpha value is -2.16. The Labute approximate surface area is 185 Å². The molecule has 1 fully saturated rings. The molecule has 0 saturated carbocycles. The van der Waals surface area contributed by atoms with Crippen LogP contribution in [0.3, 0.4) is 0 Å². The monoisotopic (exact) mass is 485 g/mol. The average Bonchev–Trinajstić information content (AvgIpc) is 2.63. The van der Waals surface area contributed by atoms with E-state index in [4.69, 9.17) is 4.74 Å². The maximum absolute atomic E-state index is 13.3. The number of benzene rings is 1. The number of amides is 3. The average molecular weight is 486 g/mol. The maximum Gasteiger partial charge on any atom is 0.408 e. The number of carbonyl (C=O) groups is 3. The van der Waals surface area contributed by atoms with E-state index in [1.165, 1.54) is 18.2 Å². The van der Waals surface area contributed by atoms with Gasteiger partial charge in [-0.2, -0.15) is 0 Å². The molecule has 0 unspecified atom stereocenters. The SMILES string of the molecule is CC(C)[C@H](NC(=O)OC(C)(C)C)C(=O)N1CCN(C(=O)c2ccc(F)cc2Br)CC1. The van der Waals surface area contributed by atoms with Gasteiger partial charge in [-0.1, -0.05) is 13.8 Å². The molecule has 1 saturated heterocycles. The van der Waals surface area contributed by atoms with E-state index in [1.54, 1.807) is 30.6 Å². The zero-order chi connectivity index (χ0) is 22.6. The van der Waals surface area contributed by atoms with Crippen LogP contribution in [0.15, 0.2) is 22.7 Å². The van der Waals surface area contributed by atoms with Gasteiger partial charge < -0.3 is 19.9 Å². The molecule has 1 heterocycles. The zero-order valence-corrected chi connectivity index (χ0v) is 19.6. The Morgan fingerprint density at radius 3 is 2.17 bits per heavy atom. The fourth-order valence-corrected chi connectivity index (χ4v) is 3.63. The highest BCUT2D eigenvalue weighted by atomic mass is 79.9. The van der Waals surface area contributed by atoms with E-state index in [-0.39, 0.29) is 17.7 Å². The zero-order valence-electron chi connectivity index (χ0n) is 18.0. The number of carbonyl (C=O) groups excluding carboxylic acids is 3. The van der Waals surface area contributed by atoms with Crippen molar-refractivity contribution in [1.82, 2.24) is 15.1 Å². The number of nitrogens with zero attached hydrogens (tertiary/aromatic N) is 2. The van der Waals surface area contributed by atoms with E-state index in [9.17, 15) is 18.8 Å². The number of alkyl carbamates (subject to hydrolysis) is 1. The normalized spacial score (nSPS) is 15.7. The summed E-state index contributed by atoms with van der Waals surface area (Å²) in [4.78, 5) is 41.1. The predicted octanol–water partition coefficient (Wildman–Crippen LogP) is 3.42. The van der Waals surface area contributed by atoms with Crippen LogP contribution in [0.5, 0.6) is 0 Å². The summed E-state index contributed by atoms with van der Waals surface area (Å²) in [6.07, 6.45) is -0.635. The first-order chi connectivity index (χ1) is 13.9. The van der Waals surface area contributed by atoms with Gasteiger partial charge in [0.1, 0.15) is 17.5 Å². The van der Waals surface area contributed by atoms with E-state index >= 15 is 0 Å². The van der Waals surface area contributed by atoms with Crippen molar-refractivity contribution in [3.63, 3.8) is 0 Å². The van der Waals surface area contributed by atoms with Gasteiger partial charge in [-0.15, -0.1) is 0 Å². The number of hydrogen-bond donors (Lipinski definition) is 1. The number of piperazine rings is 1. The van der Waals surface area contributed by atoms with Crippen molar-refractivity contribution in [2.45, 2.75) is 46.3 Å². The smallest absolute Gasteiger partial charge is 0.408 e. The number of halogens is 2. The summed E-state index contributed by atoms with van der Waals surface area (Å²) in [5.41, 5.74) is -0.280. The van der Waals surface area contributed by atoms with E-state index in [2.05, 4.69) is 21.2 Å². The molecule has 7 nitrogen and oxygen atoms in total. The van der Waals surface area contributed by atoms with Crippen LogP contribution in [0, 0.1) is 11.7 Å². The minimum absolute atomic E-state index is 0.125. The van der Waals surface area contributed by atoms with Crippen LogP contribution in [0.25, 0.3) is 0 Å². The highest BCUT2D eigenvalue weighted by Gasteiger charge is 2.33. The van der Waals surface area contributed by atoms with Crippen LogP contribution in [0.4, 0.5) is 9.18 Å². The topological polar surface area (TPSA) is 79.0 Å². The van der Waals surface area contributed by atoms with E-state index < -0.39 is 23.6 Å². The maximum atomic E-state index is 13.3. The molecule has 1 aliphatic heterocycles. The molecular weight excluding hydrogens is 457 g/mol. The van der Waals surface area contributed by atoms with Crippen LogP contribution in [-0.2, 0) is 9.53 Å². The predicted molar refractivity (Wildman–Crippen MR) is 115 cm³/mol. The molecule has 166 valence electrons. The molecule has 1 aromatic rings. The van der Waals surface area contributed by atoms with E-state index in [0.29, 0.717) is 36.2 Å². The van der Waals surface area contributed by atoms with Crippen LogP contribution < -0.4 is 5.32 Å². The minimum atomic E-state index is -0.714. The summed E-state index contributed by atoms with van der Waals surface area (Å²) < 4.78 is 18.9. The van der Waals surface area contributed by atoms with Crippen LogP contribution in [0.2, 0.25) is 0 Å². The molecule has 0 bridgehead atoms. The molecule has 1 aromatic carbocycles. The molecule has 1 aliphatic rings. The van der Waals surface area contributed by atoms with Crippen molar-refractivity contribution in [2.24, 2.45) is 5.92 Å². The first kappa shape index (κ1) is 24.1. The molecule has 0 spiro atoms. The molecule has 30 heavy (non-hydrogen) atoms. The van der Waals surface area contributed by atoms with Gasteiger partial charge in [0.25, 0.3) is 5.91 Å². The standard InChI is InChI=1S/C21H29BrFN3O4/c1-13(2)17(24-20(29)30-21(3,4)5)19(28)26-10-8-25(9-11-26)18(27)15-7-6-14(23)12-16(15)22/h6-7,12-13,17H,8-11H2,1-5H3,(H,24,29)/t17-/m0/s1. The quantitative estimate of drug-likeness (QED) is 0.708. The fraction of sp³-hybridized carbons (Fsp3) is 0.571. The van der Waals surface area contributed by atoms with Gasteiger partial charge >= 0.3 is 6.09 Å². The summed E-state index contributed by atoms with van der Waals surface area (Å²) in [5, 5.41) is 2.67. The summed E-state index contributed by atoms with van der Waals surface area (Å²) in [6, 6.07) is 3.22. The second-order valence-corrected chi connectivity index (χ2v) is 9.46. The van der Waals surface area contributed by atoms with Crippen LogP contribution in [-0.4, -0.2) is 65.5 Å². The van der Waals surface area contributed by atoms with Gasteiger partial charge in [-0.05, 0) is 60.8 Å². The third-order valence-electron chi connectivity index (χ3n) is 4.65. The molecule has 2 rings (SSSR count). The Morgan fingerprint density at radius 1 is 1.10 bits per heavy atom. The van der Waals surface area contributed by atoms with Gasteiger partial charge in [0.15, 0.2) is 0 Å². The lowest BCUT2D eigenvalue weighted by molar-refractivity contribution is -0.136.